The van der Waals surface area contributed by atoms with Crippen LogP contribution in [0.5, 0.6) is 5.75 Å². The Morgan fingerprint density at radius 3 is 2.44 bits per heavy atom. The summed E-state index contributed by atoms with van der Waals surface area (Å²) >= 11 is 0. The summed E-state index contributed by atoms with van der Waals surface area (Å²) in [4.78, 5) is 25.1. The van der Waals surface area contributed by atoms with Crippen molar-refractivity contribution in [3.63, 3.8) is 0 Å². The van der Waals surface area contributed by atoms with Gasteiger partial charge < -0.3 is 9.64 Å². The summed E-state index contributed by atoms with van der Waals surface area (Å²) in [5, 5.41) is 0.685. The predicted molar refractivity (Wildman–Crippen MR) is 146 cm³/mol. The zero-order valence-corrected chi connectivity index (χ0v) is 22.7. The normalized spacial score (nSPS) is 14.7. The molecule has 1 aliphatic rings. The number of hydrogen-bond donors (Lipinski definition) is 1. The van der Waals surface area contributed by atoms with E-state index in [-0.39, 0.29) is 27.8 Å². The number of para-hydroxylation sites is 1. The van der Waals surface area contributed by atoms with Gasteiger partial charge in [0.1, 0.15) is 10.6 Å². The molecular weight excluding hydrogens is 559 g/mol. The largest absolute Gasteiger partial charge is 0.496 e. The Bertz CT molecular complexity index is 1670. The molecule has 2 aromatic carbocycles. The van der Waals surface area contributed by atoms with Crippen LogP contribution in [0, 0.1) is 0 Å². The van der Waals surface area contributed by atoms with Gasteiger partial charge in [-0.1, -0.05) is 18.2 Å². The van der Waals surface area contributed by atoms with Crippen molar-refractivity contribution in [2.75, 3.05) is 38.0 Å². The minimum Gasteiger partial charge on any atom is -0.496 e. The Labute approximate surface area is 234 Å². The van der Waals surface area contributed by atoms with Gasteiger partial charge in [-0.05, 0) is 36.4 Å². The molecule has 5 rings (SSSR count). The van der Waals surface area contributed by atoms with E-state index in [9.17, 15) is 26.4 Å². The van der Waals surface area contributed by atoms with Crippen molar-refractivity contribution in [3.05, 3.63) is 89.9 Å². The van der Waals surface area contributed by atoms with Gasteiger partial charge in [0, 0.05) is 56.6 Å². The van der Waals surface area contributed by atoms with E-state index in [0.29, 0.717) is 49.3 Å². The molecule has 13 heteroatoms. The lowest BCUT2D eigenvalue weighted by Crippen LogP contribution is -2.48. The second-order valence-corrected chi connectivity index (χ2v) is 11.1. The molecule has 9 nitrogen and oxygen atoms in total. The topological polar surface area (TPSA) is 105 Å². The number of pyridine rings is 2. The molecule has 1 aliphatic heterocycles. The lowest BCUT2D eigenvalue weighted by molar-refractivity contribution is -0.137. The van der Waals surface area contributed by atoms with E-state index >= 15 is 0 Å². The molecule has 3 heterocycles. The first-order chi connectivity index (χ1) is 19.5. The number of ether oxygens (including phenoxy) is 1. The molecule has 0 unspecified atom stereocenters. The lowest BCUT2D eigenvalue weighted by Gasteiger charge is -2.34. The summed E-state index contributed by atoms with van der Waals surface area (Å²) in [6, 6.07) is 15.2. The third-order valence-electron chi connectivity index (χ3n) is 6.77. The van der Waals surface area contributed by atoms with E-state index in [0.717, 1.165) is 12.3 Å². The fraction of sp³-hybridized carbons (Fsp3) is 0.250. The third-order valence-corrected chi connectivity index (χ3v) is 8.18. The molecule has 1 N–H and O–H groups in total. The van der Waals surface area contributed by atoms with Crippen LogP contribution in [0.1, 0.15) is 21.6 Å². The molecule has 1 amide bonds. The lowest BCUT2D eigenvalue weighted by atomic mass is 10.1. The number of benzene rings is 2. The highest BCUT2D eigenvalue weighted by molar-refractivity contribution is 7.93. The van der Waals surface area contributed by atoms with Crippen LogP contribution in [-0.4, -0.2) is 67.4 Å². The summed E-state index contributed by atoms with van der Waals surface area (Å²) in [7, 11) is -2.59. The summed E-state index contributed by atoms with van der Waals surface area (Å²) in [6.45, 7) is 2.17. The highest BCUT2D eigenvalue weighted by atomic mass is 32.2. The van der Waals surface area contributed by atoms with Crippen molar-refractivity contribution in [3.8, 4) is 5.75 Å². The van der Waals surface area contributed by atoms with Crippen molar-refractivity contribution in [1.82, 2.24) is 19.8 Å². The zero-order valence-electron chi connectivity index (χ0n) is 21.9. The SMILES string of the molecule is COc1cc(NS(=O)(=O)c2cccc3cccnc23)ccc1C(=O)N1CCN(Cc2ccc(C(F)(F)F)cn2)CC1. The molecule has 0 radical (unpaired) electrons. The van der Waals surface area contributed by atoms with Crippen LogP contribution in [-0.2, 0) is 22.7 Å². The fourth-order valence-corrected chi connectivity index (χ4v) is 5.86. The maximum Gasteiger partial charge on any atom is 0.417 e. The molecule has 0 aliphatic carbocycles. The van der Waals surface area contributed by atoms with Gasteiger partial charge in [0.15, 0.2) is 0 Å². The van der Waals surface area contributed by atoms with Crippen LogP contribution in [0.4, 0.5) is 18.9 Å². The molecule has 41 heavy (non-hydrogen) atoms. The Kier molecular flexibility index (Phi) is 7.82. The Morgan fingerprint density at radius 2 is 1.76 bits per heavy atom. The number of carbonyl (C=O) groups is 1. The number of rotatable bonds is 7. The van der Waals surface area contributed by atoms with Gasteiger partial charge in [-0.25, -0.2) is 8.42 Å². The first-order valence-corrected chi connectivity index (χ1v) is 14.1. The Morgan fingerprint density at radius 1 is 1.00 bits per heavy atom. The van der Waals surface area contributed by atoms with Crippen LogP contribution >= 0.6 is 0 Å². The fourth-order valence-electron chi connectivity index (χ4n) is 4.63. The van der Waals surface area contributed by atoms with Crippen LogP contribution in [0.15, 0.2) is 78.0 Å². The molecule has 0 saturated carbocycles. The highest BCUT2D eigenvalue weighted by Crippen LogP contribution is 2.30. The van der Waals surface area contributed by atoms with Crippen molar-refractivity contribution in [2.24, 2.45) is 0 Å². The average Bonchev–Trinajstić information content (AvgIpc) is 2.96. The number of fused-ring (bicyclic) bond motifs is 1. The van der Waals surface area contributed by atoms with E-state index in [4.69, 9.17) is 4.74 Å². The molecule has 0 spiro atoms. The first kappa shape index (κ1) is 28.3. The number of sulfonamides is 1. The average molecular weight is 586 g/mol. The monoisotopic (exact) mass is 585 g/mol. The first-order valence-electron chi connectivity index (χ1n) is 12.6. The number of amides is 1. The van der Waals surface area contributed by atoms with E-state index in [1.54, 1.807) is 29.2 Å². The molecule has 1 fully saturated rings. The van der Waals surface area contributed by atoms with Gasteiger partial charge in [-0.15, -0.1) is 0 Å². The Hall–Kier alpha value is -4.23. The number of methoxy groups -OCH3 is 1. The number of nitrogens with one attached hydrogen (secondary N) is 1. The molecule has 214 valence electrons. The molecule has 2 aromatic heterocycles. The van der Waals surface area contributed by atoms with Crippen LogP contribution in [0.3, 0.4) is 0 Å². The minimum atomic E-state index is -4.44. The number of aromatic nitrogens is 2. The second kappa shape index (κ2) is 11.3. The molecule has 1 saturated heterocycles. The van der Waals surface area contributed by atoms with Gasteiger partial charge in [0.25, 0.3) is 15.9 Å². The van der Waals surface area contributed by atoms with E-state index in [1.807, 2.05) is 4.90 Å². The van der Waals surface area contributed by atoms with E-state index < -0.39 is 21.8 Å². The number of carbonyl (C=O) groups excluding carboxylic acids is 1. The minimum absolute atomic E-state index is 0.0269. The summed E-state index contributed by atoms with van der Waals surface area (Å²) in [5.74, 6) is -0.0653. The summed E-state index contributed by atoms with van der Waals surface area (Å²) < 4.78 is 72.7. The van der Waals surface area contributed by atoms with Crippen molar-refractivity contribution < 1.29 is 31.1 Å². The van der Waals surface area contributed by atoms with E-state index in [1.165, 1.54) is 43.6 Å². The number of nitrogens with zero attached hydrogens (tertiary/aromatic N) is 4. The van der Waals surface area contributed by atoms with Crippen molar-refractivity contribution in [2.45, 2.75) is 17.6 Å². The van der Waals surface area contributed by atoms with Crippen LogP contribution in [0.25, 0.3) is 10.9 Å². The molecule has 4 aromatic rings. The maximum absolute atomic E-state index is 13.3. The number of alkyl halides is 3. The maximum atomic E-state index is 13.3. The predicted octanol–water partition coefficient (Wildman–Crippen LogP) is 4.42. The van der Waals surface area contributed by atoms with Gasteiger partial charge in [-0.3, -0.25) is 24.4 Å². The molecule has 0 atom stereocenters. The smallest absolute Gasteiger partial charge is 0.417 e. The van der Waals surface area contributed by atoms with Crippen LogP contribution in [0.2, 0.25) is 0 Å². The van der Waals surface area contributed by atoms with Crippen molar-refractivity contribution in [1.29, 1.82) is 0 Å². The van der Waals surface area contributed by atoms with Gasteiger partial charge in [0.05, 0.1) is 35.1 Å². The summed E-state index contributed by atoms with van der Waals surface area (Å²) in [5.41, 5.74) is 0.557. The number of hydrogen-bond acceptors (Lipinski definition) is 7. The van der Waals surface area contributed by atoms with Gasteiger partial charge in [-0.2, -0.15) is 13.2 Å². The van der Waals surface area contributed by atoms with Crippen LogP contribution < -0.4 is 9.46 Å². The van der Waals surface area contributed by atoms with E-state index in [2.05, 4.69) is 14.7 Å². The Balaban J connectivity index is 1.24. The van der Waals surface area contributed by atoms with Gasteiger partial charge >= 0.3 is 6.18 Å². The van der Waals surface area contributed by atoms with Crippen molar-refractivity contribution >= 4 is 32.5 Å². The van der Waals surface area contributed by atoms with Gasteiger partial charge in [0.2, 0.25) is 0 Å². The number of halogens is 3. The summed E-state index contributed by atoms with van der Waals surface area (Å²) in [6.07, 6.45) is -2.09. The second-order valence-electron chi connectivity index (χ2n) is 9.46. The number of piperazine rings is 1. The quantitative estimate of drug-likeness (QED) is 0.343. The standard InChI is InChI=1S/C28H26F3N5O4S/c1-40-24-16-21(34-41(38,39)25-6-2-4-19-5-3-11-32-26(19)25)9-10-23(24)27(37)36-14-12-35(13-15-36)18-22-8-7-20(17-33-22)28(29,30)31/h2-11,16-17,34H,12-15,18H2,1H3. The zero-order chi connectivity index (χ0) is 29.2. The highest BCUT2D eigenvalue weighted by Gasteiger charge is 2.31. The molecular formula is C28H26F3N5O4S. The number of anilines is 1. The molecule has 0 bridgehead atoms. The third kappa shape index (κ3) is 6.25.